The highest BCUT2D eigenvalue weighted by Gasteiger charge is 2.44. The number of hydrogen-bond donors (Lipinski definition) is 0. The maximum atomic E-state index is 13.1. The van der Waals surface area contributed by atoms with Crippen molar-refractivity contribution in [3.63, 3.8) is 0 Å². The summed E-state index contributed by atoms with van der Waals surface area (Å²) < 4.78 is 34.6. The second-order valence-electron chi connectivity index (χ2n) is 7.02. The first-order valence-corrected chi connectivity index (χ1v) is 12.1. The van der Waals surface area contributed by atoms with E-state index in [1.165, 1.54) is 5.56 Å². The van der Waals surface area contributed by atoms with Crippen molar-refractivity contribution in [3.05, 3.63) is 35.9 Å². The van der Waals surface area contributed by atoms with Crippen LogP contribution in [0.2, 0.25) is 0 Å². The first-order valence-electron chi connectivity index (χ1n) is 10.5. The quantitative estimate of drug-likeness (QED) is 0.368. The molecular weight excluding hydrogens is 393 g/mol. The summed E-state index contributed by atoms with van der Waals surface area (Å²) in [5.74, 6) is -1.75. The van der Waals surface area contributed by atoms with Crippen molar-refractivity contribution in [1.29, 1.82) is 0 Å². The van der Waals surface area contributed by atoms with E-state index < -0.39 is 19.4 Å². The molecule has 1 unspecified atom stereocenters. The van der Waals surface area contributed by atoms with Gasteiger partial charge in [-0.25, -0.2) is 4.79 Å². The molecule has 1 saturated heterocycles. The van der Waals surface area contributed by atoms with Gasteiger partial charge < -0.3 is 18.5 Å². The third-order valence-corrected chi connectivity index (χ3v) is 7.01. The molecule has 0 N–H and O–H groups in total. The van der Waals surface area contributed by atoms with Gasteiger partial charge in [-0.1, -0.05) is 30.3 Å². The molecule has 0 bridgehead atoms. The molecule has 7 nitrogen and oxygen atoms in total. The number of rotatable bonds is 12. The monoisotopic (exact) mass is 427 g/mol. The van der Waals surface area contributed by atoms with Gasteiger partial charge in [-0.15, -0.1) is 0 Å². The van der Waals surface area contributed by atoms with Crippen LogP contribution >= 0.6 is 7.60 Å². The molecule has 164 valence electrons. The maximum absolute atomic E-state index is 13.1. The number of carbonyl (C=O) groups excluding carboxylic acids is 1. The second-order valence-corrected chi connectivity index (χ2v) is 9.08. The van der Waals surface area contributed by atoms with Gasteiger partial charge >= 0.3 is 13.6 Å². The molecule has 0 saturated carbocycles. The highest BCUT2D eigenvalue weighted by Crippen LogP contribution is 2.54. The minimum absolute atomic E-state index is 0.161. The Labute approximate surface area is 174 Å². The Morgan fingerprint density at radius 1 is 1.07 bits per heavy atom. The van der Waals surface area contributed by atoms with Crippen molar-refractivity contribution in [3.8, 4) is 0 Å². The van der Waals surface area contributed by atoms with E-state index in [4.69, 9.17) is 18.5 Å². The number of likely N-dealkylation sites (tertiary alicyclic amines) is 1. The van der Waals surface area contributed by atoms with Gasteiger partial charge in [-0.2, -0.15) is 0 Å². The summed E-state index contributed by atoms with van der Waals surface area (Å²) in [5, 5.41) is 0. The average molecular weight is 427 g/mol. The summed E-state index contributed by atoms with van der Waals surface area (Å²) in [7, 11) is -3.75. The highest BCUT2D eigenvalue weighted by molar-refractivity contribution is 7.55. The number of benzene rings is 1. The van der Waals surface area contributed by atoms with E-state index in [-0.39, 0.29) is 25.7 Å². The van der Waals surface area contributed by atoms with Crippen LogP contribution in [0.4, 0.5) is 0 Å². The Balaban J connectivity index is 1.90. The van der Waals surface area contributed by atoms with Crippen molar-refractivity contribution in [1.82, 2.24) is 4.90 Å². The van der Waals surface area contributed by atoms with Crippen LogP contribution in [0.5, 0.6) is 0 Å². The molecule has 1 aliphatic heterocycles. The average Bonchev–Trinajstić information content (AvgIpc) is 2.71. The van der Waals surface area contributed by atoms with Crippen LogP contribution in [0, 0.1) is 5.92 Å². The minimum Gasteiger partial charge on any atom is -0.464 e. The summed E-state index contributed by atoms with van der Waals surface area (Å²) in [6.45, 7) is 8.79. The van der Waals surface area contributed by atoms with E-state index in [0.717, 1.165) is 32.5 Å². The van der Waals surface area contributed by atoms with Crippen molar-refractivity contribution >= 4 is 13.6 Å². The number of carbonyl (C=O) groups is 1. The molecule has 1 aromatic carbocycles. The van der Waals surface area contributed by atoms with Crippen molar-refractivity contribution in [2.75, 3.05) is 39.5 Å². The lowest BCUT2D eigenvalue weighted by Gasteiger charge is -2.33. The van der Waals surface area contributed by atoms with Gasteiger partial charge in [0, 0.05) is 6.54 Å². The molecule has 0 spiro atoms. The second kappa shape index (κ2) is 12.5. The maximum Gasteiger partial charge on any atom is 0.370 e. The lowest BCUT2D eigenvalue weighted by atomic mass is 9.97. The van der Waals surface area contributed by atoms with Crippen molar-refractivity contribution < 1.29 is 27.9 Å². The van der Waals surface area contributed by atoms with E-state index in [2.05, 4.69) is 29.2 Å². The molecular formula is C21H34NO6P. The van der Waals surface area contributed by atoms with Gasteiger partial charge in [0.05, 0.1) is 26.4 Å². The molecule has 29 heavy (non-hydrogen) atoms. The van der Waals surface area contributed by atoms with E-state index in [0.29, 0.717) is 6.61 Å². The van der Waals surface area contributed by atoms with Crippen LogP contribution in [0.1, 0.15) is 39.2 Å². The molecule has 1 atom stereocenters. The molecule has 1 aliphatic rings. The zero-order valence-electron chi connectivity index (χ0n) is 17.7. The number of nitrogens with zero attached hydrogens (tertiary/aromatic N) is 1. The largest absolute Gasteiger partial charge is 0.464 e. The Hall–Kier alpha value is -1.24. The fraction of sp³-hybridized carbons (Fsp3) is 0.667. The van der Waals surface area contributed by atoms with E-state index in [1.54, 1.807) is 20.8 Å². The third-order valence-electron chi connectivity index (χ3n) is 4.84. The molecule has 0 amide bonds. The van der Waals surface area contributed by atoms with Gasteiger partial charge in [-0.05, 0) is 58.2 Å². The van der Waals surface area contributed by atoms with Crippen LogP contribution in [0.25, 0.3) is 0 Å². The Morgan fingerprint density at radius 2 is 1.69 bits per heavy atom. The van der Waals surface area contributed by atoms with Gasteiger partial charge in [0.25, 0.3) is 5.85 Å². The van der Waals surface area contributed by atoms with Gasteiger partial charge in [0.15, 0.2) is 0 Å². The standard InChI is InChI=1S/C21H34NO6P/c1-4-25-20(23)21(29(24,27-5-2)28-6-3)26-17-19-12-14-22(15-13-19)16-18-10-8-7-9-11-18/h7-11,19,21H,4-6,12-17H2,1-3H3. The van der Waals surface area contributed by atoms with Crippen LogP contribution in [0.3, 0.4) is 0 Å². The smallest absolute Gasteiger partial charge is 0.370 e. The number of piperidine rings is 1. The Bertz CT molecular complexity index is 638. The van der Waals surface area contributed by atoms with Crippen LogP contribution in [-0.2, 0) is 34.4 Å². The minimum atomic E-state index is -3.75. The molecule has 0 aromatic heterocycles. The summed E-state index contributed by atoms with van der Waals surface area (Å²) >= 11 is 0. The summed E-state index contributed by atoms with van der Waals surface area (Å²) in [4.78, 5) is 14.8. The highest BCUT2D eigenvalue weighted by atomic mass is 31.2. The molecule has 8 heteroatoms. The van der Waals surface area contributed by atoms with Gasteiger partial charge in [0.1, 0.15) is 0 Å². The SMILES string of the molecule is CCOC(=O)C(OCC1CCN(Cc2ccccc2)CC1)P(=O)(OCC)OCC. The fourth-order valence-electron chi connectivity index (χ4n) is 3.41. The Morgan fingerprint density at radius 3 is 2.24 bits per heavy atom. The summed E-state index contributed by atoms with van der Waals surface area (Å²) in [6, 6.07) is 10.4. The van der Waals surface area contributed by atoms with E-state index in [1.807, 2.05) is 6.07 Å². The topological polar surface area (TPSA) is 74.3 Å². The Kier molecular flexibility index (Phi) is 10.3. The van der Waals surface area contributed by atoms with Crippen LogP contribution < -0.4 is 0 Å². The van der Waals surface area contributed by atoms with Crippen LogP contribution in [-0.4, -0.2) is 56.2 Å². The number of esters is 1. The van der Waals surface area contributed by atoms with Crippen LogP contribution in [0.15, 0.2) is 30.3 Å². The van der Waals surface area contributed by atoms with E-state index in [9.17, 15) is 9.36 Å². The molecule has 1 aromatic rings. The number of ether oxygens (including phenoxy) is 2. The summed E-state index contributed by atoms with van der Waals surface area (Å²) in [5.41, 5.74) is 1.30. The van der Waals surface area contributed by atoms with Gasteiger partial charge in [0.2, 0.25) is 0 Å². The molecule has 0 aliphatic carbocycles. The zero-order valence-corrected chi connectivity index (χ0v) is 18.6. The molecule has 0 radical (unpaired) electrons. The third kappa shape index (κ3) is 7.50. The fourth-order valence-corrected chi connectivity index (χ4v) is 5.08. The normalized spacial score (nSPS) is 17.2. The number of hydrogen-bond acceptors (Lipinski definition) is 7. The molecule has 1 heterocycles. The molecule has 1 fully saturated rings. The predicted octanol–water partition coefficient (Wildman–Crippen LogP) is 4.07. The van der Waals surface area contributed by atoms with E-state index >= 15 is 0 Å². The van der Waals surface area contributed by atoms with Crippen molar-refractivity contribution in [2.45, 2.75) is 46.0 Å². The first-order chi connectivity index (χ1) is 14.0. The lowest BCUT2D eigenvalue weighted by Crippen LogP contribution is -2.36. The van der Waals surface area contributed by atoms with Gasteiger partial charge in [-0.3, -0.25) is 9.46 Å². The van der Waals surface area contributed by atoms with Crippen molar-refractivity contribution in [2.24, 2.45) is 5.92 Å². The summed E-state index contributed by atoms with van der Waals surface area (Å²) in [6.07, 6.45) is 1.91. The first kappa shape index (κ1) is 24.0. The predicted molar refractivity (Wildman–Crippen MR) is 112 cm³/mol. The molecule has 2 rings (SSSR count). The zero-order chi connectivity index (χ0) is 21.1. The lowest BCUT2D eigenvalue weighted by molar-refractivity contribution is -0.153.